The fourth-order valence-corrected chi connectivity index (χ4v) is 4.75. The molecule has 0 spiro atoms. The summed E-state index contributed by atoms with van der Waals surface area (Å²) >= 11 is 3.76. The molecule has 0 saturated carbocycles. The summed E-state index contributed by atoms with van der Waals surface area (Å²) in [5.41, 5.74) is 4.23. The van der Waals surface area contributed by atoms with E-state index in [4.69, 9.17) is 0 Å². The maximum absolute atomic E-state index is 3.73. The highest BCUT2D eigenvalue weighted by atomic mass is 32.1. The predicted molar refractivity (Wildman–Crippen MR) is 87.4 cm³/mol. The number of benzene rings is 1. The molecule has 1 aliphatic carbocycles. The molecule has 1 unspecified atom stereocenters. The van der Waals surface area contributed by atoms with Gasteiger partial charge < -0.3 is 5.32 Å². The summed E-state index contributed by atoms with van der Waals surface area (Å²) in [5.74, 6) is 0. The summed E-state index contributed by atoms with van der Waals surface area (Å²) in [6.45, 7) is 0.934. The first-order chi connectivity index (χ1) is 9.92. The number of nitrogens with one attached hydrogen (secondary N) is 1. The zero-order valence-electron chi connectivity index (χ0n) is 11.0. The van der Waals surface area contributed by atoms with Crippen LogP contribution in [0.5, 0.6) is 0 Å². The zero-order valence-corrected chi connectivity index (χ0v) is 12.6. The van der Waals surface area contributed by atoms with Gasteiger partial charge in [-0.15, -0.1) is 22.7 Å². The van der Waals surface area contributed by atoms with E-state index in [9.17, 15) is 0 Å². The molecule has 2 aromatic heterocycles. The molecular weight excluding hydrogens is 282 g/mol. The van der Waals surface area contributed by atoms with Crippen molar-refractivity contribution in [1.82, 2.24) is 5.32 Å². The van der Waals surface area contributed by atoms with Crippen molar-refractivity contribution in [2.45, 2.75) is 19.0 Å². The smallest absolute Gasteiger partial charge is 0.0472 e. The van der Waals surface area contributed by atoms with Crippen LogP contribution in [-0.2, 0) is 13.0 Å². The normalized spacial score (nSPS) is 16.7. The first kappa shape index (κ1) is 12.3. The van der Waals surface area contributed by atoms with E-state index >= 15 is 0 Å². The Bertz CT molecular complexity index is 711. The molecule has 3 heteroatoms. The van der Waals surface area contributed by atoms with Crippen molar-refractivity contribution >= 4 is 22.7 Å². The fourth-order valence-electron chi connectivity index (χ4n) is 2.83. The van der Waals surface area contributed by atoms with Crippen molar-refractivity contribution in [2.75, 3.05) is 0 Å². The average molecular weight is 297 g/mol. The highest BCUT2D eigenvalue weighted by Gasteiger charge is 2.26. The molecule has 20 heavy (non-hydrogen) atoms. The second-order valence-electron chi connectivity index (χ2n) is 5.08. The SMILES string of the molecule is c1ccc(CNC2Cc3sccc3-c3ccsc32)cc1. The lowest BCUT2D eigenvalue weighted by molar-refractivity contribution is 0.538. The van der Waals surface area contributed by atoms with Crippen LogP contribution in [0.25, 0.3) is 11.1 Å². The molecule has 0 radical (unpaired) electrons. The average Bonchev–Trinajstić information content (AvgIpc) is 3.13. The van der Waals surface area contributed by atoms with E-state index < -0.39 is 0 Å². The largest absolute Gasteiger partial charge is 0.305 e. The molecule has 0 fully saturated rings. The van der Waals surface area contributed by atoms with Gasteiger partial charge in [0.25, 0.3) is 0 Å². The minimum Gasteiger partial charge on any atom is -0.305 e. The van der Waals surface area contributed by atoms with E-state index in [1.807, 2.05) is 22.7 Å². The zero-order chi connectivity index (χ0) is 13.4. The first-order valence-corrected chi connectivity index (χ1v) is 8.59. The second kappa shape index (κ2) is 5.17. The van der Waals surface area contributed by atoms with Gasteiger partial charge in [0, 0.05) is 28.8 Å². The van der Waals surface area contributed by atoms with E-state index in [1.54, 1.807) is 0 Å². The summed E-state index contributed by atoms with van der Waals surface area (Å²) in [5, 5.41) is 8.16. The summed E-state index contributed by atoms with van der Waals surface area (Å²) in [7, 11) is 0. The Morgan fingerprint density at radius 1 is 0.950 bits per heavy atom. The Labute approximate surface area is 126 Å². The lowest BCUT2D eigenvalue weighted by atomic mass is 9.94. The number of fused-ring (bicyclic) bond motifs is 3. The molecule has 2 heterocycles. The molecule has 0 aliphatic heterocycles. The third-order valence-electron chi connectivity index (χ3n) is 3.83. The molecule has 0 amide bonds. The number of hydrogen-bond acceptors (Lipinski definition) is 3. The van der Waals surface area contributed by atoms with Crippen molar-refractivity contribution in [3.8, 4) is 11.1 Å². The number of hydrogen-bond donors (Lipinski definition) is 1. The van der Waals surface area contributed by atoms with Crippen LogP contribution in [0, 0.1) is 0 Å². The van der Waals surface area contributed by atoms with Crippen molar-refractivity contribution in [1.29, 1.82) is 0 Å². The van der Waals surface area contributed by atoms with Gasteiger partial charge >= 0.3 is 0 Å². The van der Waals surface area contributed by atoms with Crippen molar-refractivity contribution in [2.24, 2.45) is 0 Å². The molecule has 3 aromatic rings. The van der Waals surface area contributed by atoms with Crippen molar-refractivity contribution in [3.05, 3.63) is 68.5 Å². The molecule has 1 N–H and O–H groups in total. The van der Waals surface area contributed by atoms with Crippen LogP contribution in [0.15, 0.2) is 53.2 Å². The standard InChI is InChI=1S/C17H15NS2/c1-2-4-12(5-3-1)11-18-15-10-16-13(6-8-19-16)14-7-9-20-17(14)15/h1-9,15,18H,10-11H2. The van der Waals surface area contributed by atoms with E-state index in [0.717, 1.165) is 13.0 Å². The Kier molecular flexibility index (Phi) is 3.19. The third kappa shape index (κ3) is 2.12. The Morgan fingerprint density at radius 2 is 1.75 bits per heavy atom. The van der Waals surface area contributed by atoms with Crippen LogP contribution in [0.4, 0.5) is 0 Å². The molecule has 0 bridgehead atoms. The van der Waals surface area contributed by atoms with E-state index in [-0.39, 0.29) is 0 Å². The Hall–Kier alpha value is -1.42. The first-order valence-electron chi connectivity index (χ1n) is 6.83. The summed E-state index contributed by atoms with van der Waals surface area (Å²) in [6, 6.07) is 15.6. The number of rotatable bonds is 3. The van der Waals surface area contributed by atoms with Gasteiger partial charge in [0.15, 0.2) is 0 Å². The molecular formula is C17H15NS2. The number of thiophene rings is 2. The quantitative estimate of drug-likeness (QED) is 0.727. The molecule has 1 atom stereocenters. The third-order valence-corrected chi connectivity index (χ3v) is 5.81. The lowest BCUT2D eigenvalue weighted by Crippen LogP contribution is -2.24. The predicted octanol–water partition coefficient (Wildman–Crippen LogP) is 4.86. The van der Waals surface area contributed by atoms with Gasteiger partial charge in [-0.05, 0) is 39.6 Å². The van der Waals surface area contributed by atoms with Crippen LogP contribution in [0.1, 0.15) is 21.4 Å². The van der Waals surface area contributed by atoms with Gasteiger partial charge in [0.05, 0.1) is 0 Å². The maximum atomic E-state index is 3.73. The fraction of sp³-hybridized carbons (Fsp3) is 0.176. The van der Waals surface area contributed by atoms with Crippen molar-refractivity contribution in [3.63, 3.8) is 0 Å². The second-order valence-corrected chi connectivity index (χ2v) is 7.03. The highest BCUT2D eigenvalue weighted by Crippen LogP contribution is 2.43. The monoisotopic (exact) mass is 297 g/mol. The van der Waals surface area contributed by atoms with E-state index in [1.165, 1.54) is 26.4 Å². The summed E-state index contributed by atoms with van der Waals surface area (Å²) in [6.07, 6.45) is 1.12. The van der Waals surface area contributed by atoms with Crippen LogP contribution < -0.4 is 5.32 Å². The Morgan fingerprint density at radius 3 is 2.65 bits per heavy atom. The lowest BCUT2D eigenvalue weighted by Gasteiger charge is -2.24. The molecule has 1 aliphatic rings. The molecule has 1 nitrogen and oxygen atoms in total. The highest BCUT2D eigenvalue weighted by molar-refractivity contribution is 7.11. The van der Waals surface area contributed by atoms with Gasteiger partial charge in [-0.25, -0.2) is 0 Å². The molecule has 0 saturated heterocycles. The topological polar surface area (TPSA) is 12.0 Å². The molecule has 1 aromatic carbocycles. The summed E-state index contributed by atoms with van der Waals surface area (Å²) < 4.78 is 0. The van der Waals surface area contributed by atoms with E-state index in [2.05, 4.69) is 58.5 Å². The Balaban J connectivity index is 1.59. The molecule has 4 rings (SSSR count). The minimum atomic E-state index is 0.455. The van der Waals surface area contributed by atoms with Crippen LogP contribution in [-0.4, -0.2) is 0 Å². The van der Waals surface area contributed by atoms with Gasteiger partial charge in [0.1, 0.15) is 0 Å². The van der Waals surface area contributed by atoms with Gasteiger partial charge in [-0.2, -0.15) is 0 Å². The van der Waals surface area contributed by atoms with Gasteiger partial charge in [-0.1, -0.05) is 30.3 Å². The van der Waals surface area contributed by atoms with Crippen LogP contribution >= 0.6 is 22.7 Å². The van der Waals surface area contributed by atoms with Gasteiger partial charge in [-0.3, -0.25) is 0 Å². The van der Waals surface area contributed by atoms with Crippen LogP contribution in [0.2, 0.25) is 0 Å². The summed E-state index contributed by atoms with van der Waals surface area (Å²) in [4.78, 5) is 3.01. The molecule has 100 valence electrons. The van der Waals surface area contributed by atoms with Gasteiger partial charge in [0.2, 0.25) is 0 Å². The van der Waals surface area contributed by atoms with Crippen molar-refractivity contribution < 1.29 is 0 Å². The van der Waals surface area contributed by atoms with Crippen LogP contribution in [0.3, 0.4) is 0 Å². The maximum Gasteiger partial charge on any atom is 0.0472 e. The van der Waals surface area contributed by atoms with E-state index in [0.29, 0.717) is 6.04 Å². The minimum absolute atomic E-state index is 0.455.